The van der Waals surface area contributed by atoms with E-state index in [9.17, 15) is 4.79 Å². The number of aliphatic carboxylic acids is 1. The third-order valence-corrected chi connectivity index (χ3v) is 2.91. The van der Waals surface area contributed by atoms with E-state index >= 15 is 0 Å². The van der Waals surface area contributed by atoms with Crippen LogP contribution >= 0.6 is 0 Å². The Labute approximate surface area is 132 Å². The Kier molecular flexibility index (Phi) is 14.3. The molecule has 0 unspecified atom stereocenters. The number of carbonyl (C=O) groups is 1. The number of aliphatic hydroxyl groups excluding tert-OH is 2. The summed E-state index contributed by atoms with van der Waals surface area (Å²) in [5.74, 6) is -0.741. The highest BCUT2D eigenvalue weighted by Gasteiger charge is 2.09. The van der Waals surface area contributed by atoms with Gasteiger partial charge in [-0.1, -0.05) is 24.6 Å². The van der Waals surface area contributed by atoms with Crippen molar-refractivity contribution >= 4 is 5.97 Å². The Bertz CT molecular complexity index is 289. The summed E-state index contributed by atoms with van der Waals surface area (Å²) in [4.78, 5) is 20.4. The first kappa shape index (κ1) is 21.0. The number of aliphatic hydroxyl groups is 2. The van der Waals surface area contributed by atoms with Crippen molar-refractivity contribution in [2.24, 2.45) is 0 Å². The fourth-order valence-corrected chi connectivity index (χ4v) is 1.77. The van der Waals surface area contributed by atoms with Gasteiger partial charge >= 0.3 is 5.97 Å². The molecule has 0 aromatic rings. The molecule has 22 heavy (non-hydrogen) atoms. The van der Waals surface area contributed by atoms with Gasteiger partial charge in [0.2, 0.25) is 0 Å². The molecule has 3 N–H and O–H groups in total. The Morgan fingerprint density at radius 2 is 1.86 bits per heavy atom. The molecular formula is C15H29NO6. The molecule has 0 aromatic heterocycles. The lowest BCUT2D eigenvalue weighted by Gasteiger charge is -2.19. The smallest absolute Gasteiger partial charge is 0.331 e. The monoisotopic (exact) mass is 319 g/mol. The minimum atomic E-state index is -0.741. The SMILES string of the molecule is CCCCN(OCCO)OCCO.O=C(O)C1=CCCCC1. The average Bonchev–Trinajstić information content (AvgIpc) is 2.55. The van der Waals surface area contributed by atoms with Crippen LogP contribution in [-0.4, -0.2) is 59.5 Å². The molecule has 0 aliphatic heterocycles. The predicted molar refractivity (Wildman–Crippen MR) is 81.9 cm³/mol. The van der Waals surface area contributed by atoms with Crippen molar-refractivity contribution in [1.82, 2.24) is 5.23 Å². The molecule has 0 radical (unpaired) electrons. The second kappa shape index (κ2) is 14.9. The molecule has 1 rings (SSSR count). The van der Waals surface area contributed by atoms with Gasteiger partial charge in [0.15, 0.2) is 0 Å². The fourth-order valence-electron chi connectivity index (χ4n) is 1.77. The summed E-state index contributed by atoms with van der Waals surface area (Å²) in [5.41, 5.74) is 0.598. The lowest BCUT2D eigenvalue weighted by atomic mass is 10.0. The van der Waals surface area contributed by atoms with Crippen LogP contribution in [0.1, 0.15) is 45.4 Å². The van der Waals surface area contributed by atoms with Crippen LogP contribution in [0.5, 0.6) is 0 Å². The molecule has 0 saturated heterocycles. The molecule has 1 aliphatic carbocycles. The van der Waals surface area contributed by atoms with E-state index in [1.807, 2.05) is 6.08 Å². The summed E-state index contributed by atoms with van der Waals surface area (Å²) >= 11 is 0. The van der Waals surface area contributed by atoms with Gasteiger partial charge in [0, 0.05) is 5.57 Å². The summed E-state index contributed by atoms with van der Waals surface area (Å²) in [6, 6.07) is 0. The quantitative estimate of drug-likeness (QED) is 0.525. The third kappa shape index (κ3) is 11.6. The van der Waals surface area contributed by atoms with Gasteiger partial charge in [-0.25, -0.2) is 4.79 Å². The molecular weight excluding hydrogens is 290 g/mol. The zero-order valence-corrected chi connectivity index (χ0v) is 13.4. The van der Waals surface area contributed by atoms with Crippen molar-refractivity contribution in [2.75, 3.05) is 33.0 Å². The molecule has 0 heterocycles. The minimum Gasteiger partial charge on any atom is -0.478 e. The van der Waals surface area contributed by atoms with Gasteiger partial charge in [-0.15, -0.1) is 0 Å². The van der Waals surface area contributed by atoms with E-state index in [1.165, 1.54) is 5.23 Å². The van der Waals surface area contributed by atoms with Gasteiger partial charge in [-0.05, 0) is 32.1 Å². The van der Waals surface area contributed by atoms with Gasteiger partial charge in [-0.3, -0.25) is 9.68 Å². The third-order valence-electron chi connectivity index (χ3n) is 2.91. The van der Waals surface area contributed by atoms with E-state index in [1.54, 1.807) is 0 Å². The largest absolute Gasteiger partial charge is 0.478 e. The van der Waals surface area contributed by atoms with Gasteiger partial charge in [0.25, 0.3) is 0 Å². The summed E-state index contributed by atoms with van der Waals surface area (Å²) in [7, 11) is 0. The maximum absolute atomic E-state index is 10.3. The maximum atomic E-state index is 10.3. The van der Waals surface area contributed by atoms with Gasteiger partial charge in [0.05, 0.1) is 33.0 Å². The summed E-state index contributed by atoms with van der Waals surface area (Å²) in [6.45, 7) is 3.08. The number of rotatable bonds is 10. The Balaban J connectivity index is 0.000000425. The Morgan fingerprint density at radius 1 is 1.23 bits per heavy atom. The van der Waals surface area contributed by atoms with Crippen molar-refractivity contribution in [2.45, 2.75) is 45.4 Å². The minimum absolute atomic E-state index is 0.0366. The molecule has 0 saturated carbocycles. The molecule has 0 amide bonds. The highest BCUT2D eigenvalue weighted by Crippen LogP contribution is 2.16. The van der Waals surface area contributed by atoms with Crippen molar-refractivity contribution in [1.29, 1.82) is 0 Å². The van der Waals surface area contributed by atoms with Gasteiger partial charge in [0.1, 0.15) is 0 Å². The lowest BCUT2D eigenvalue weighted by molar-refractivity contribution is -0.371. The van der Waals surface area contributed by atoms with E-state index < -0.39 is 5.97 Å². The van der Waals surface area contributed by atoms with Crippen molar-refractivity contribution in [3.8, 4) is 0 Å². The highest BCUT2D eigenvalue weighted by molar-refractivity contribution is 5.86. The van der Waals surface area contributed by atoms with Gasteiger partial charge in [-0.2, -0.15) is 0 Å². The van der Waals surface area contributed by atoms with Crippen LogP contribution in [0.4, 0.5) is 0 Å². The first-order valence-corrected chi connectivity index (χ1v) is 7.83. The van der Waals surface area contributed by atoms with E-state index in [-0.39, 0.29) is 26.4 Å². The molecule has 0 fully saturated rings. The maximum Gasteiger partial charge on any atom is 0.331 e. The molecule has 0 aromatic carbocycles. The molecule has 1 aliphatic rings. The number of carboxylic acid groups (broad SMARTS) is 1. The Morgan fingerprint density at radius 3 is 2.23 bits per heavy atom. The number of unbranched alkanes of at least 4 members (excludes halogenated alkanes) is 1. The first-order valence-electron chi connectivity index (χ1n) is 7.83. The number of nitrogens with zero attached hydrogens (tertiary/aromatic N) is 1. The van der Waals surface area contributed by atoms with Crippen LogP contribution < -0.4 is 0 Å². The second-order valence-corrected chi connectivity index (χ2v) is 4.80. The van der Waals surface area contributed by atoms with Crippen molar-refractivity contribution in [3.05, 3.63) is 11.6 Å². The van der Waals surface area contributed by atoms with E-state index in [0.29, 0.717) is 12.1 Å². The average molecular weight is 319 g/mol. The standard InChI is InChI=1S/C8H19NO4.C7H10O2/c1-2-3-4-9(12-7-5-10)13-8-6-11;8-7(9)6-4-2-1-3-5-6/h10-11H,2-8H2,1H3;4H,1-3,5H2,(H,8,9). The number of hydrogen-bond donors (Lipinski definition) is 3. The van der Waals surface area contributed by atoms with E-state index in [0.717, 1.165) is 38.5 Å². The van der Waals surface area contributed by atoms with Crippen molar-refractivity contribution < 1.29 is 29.8 Å². The fraction of sp³-hybridized carbons (Fsp3) is 0.800. The highest BCUT2D eigenvalue weighted by atomic mass is 16.9. The molecule has 7 nitrogen and oxygen atoms in total. The number of hydroxylamine groups is 2. The van der Waals surface area contributed by atoms with Crippen LogP contribution in [0.15, 0.2) is 11.6 Å². The second-order valence-electron chi connectivity index (χ2n) is 4.80. The predicted octanol–water partition coefficient (Wildman–Crippen LogP) is 1.51. The van der Waals surface area contributed by atoms with Crippen LogP contribution in [0.3, 0.4) is 0 Å². The number of allylic oxidation sites excluding steroid dienone is 1. The van der Waals surface area contributed by atoms with Crippen LogP contribution in [0, 0.1) is 0 Å². The van der Waals surface area contributed by atoms with E-state index in [2.05, 4.69) is 6.92 Å². The Hall–Kier alpha value is -0.990. The first-order chi connectivity index (χ1) is 10.7. The van der Waals surface area contributed by atoms with Crippen LogP contribution in [0.2, 0.25) is 0 Å². The van der Waals surface area contributed by atoms with Crippen molar-refractivity contribution in [3.63, 3.8) is 0 Å². The molecule has 0 bridgehead atoms. The summed E-state index contributed by atoms with van der Waals surface area (Å²) in [6.07, 6.45) is 7.72. The van der Waals surface area contributed by atoms with E-state index in [4.69, 9.17) is 25.0 Å². The molecule has 0 atom stereocenters. The zero-order valence-electron chi connectivity index (χ0n) is 13.4. The normalized spacial score (nSPS) is 14.3. The van der Waals surface area contributed by atoms with Crippen LogP contribution in [-0.2, 0) is 14.5 Å². The van der Waals surface area contributed by atoms with Crippen LogP contribution in [0.25, 0.3) is 0 Å². The molecule has 7 heteroatoms. The molecule has 0 spiro atoms. The summed E-state index contributed by atoms with van der Waals surface area (Å²) < 4.78 is 0. The van der Waals surface area contributed by atoms with Gasteiger partial charge < -0.3 is 15.3 Å². The molecule has 130 valence electrons. The zero-order chi connectivity index (χ0) is 16.6. The number of carboxylic acids is 1. The summed E-state index contributed by atoms with van der Waals surface area (Å²) in [5, 5.41) is 26.8. The topological polar surface area (TPSA) is 99.5 Å². The lowest BCUT2D eigenvalue weighted by Crippen LogP contribution is -2.28. The number of hydrogen-bond acceptors (Lipinski definition) is 6.